The van der Waals surface area contributed by atoms with E-state index in [0.29, 0.717) is 5.69 Å². The zero-order chi connectivity index (χ0) is 30.4. The van der Waals surface area contributed by atoms with Crippen LogP contribution in [0.2, 0.25) is 0 Å². The van der Waals surface area contributed by atoms with Crippen molar-refractivity contribution in [3.8, 4) is 5.75 Å². The van der Waals surface area contributed by atoms with Gasteiger partial charge in [-0.25, -0.2) is 0 Å². The molecule has 0 aliphatic rings. The maximum Gasteiger partial charge on any atom is 0.416 e. The molecule has 1 N–H and O–H groups in total. The Labute approximate surface area is 250 Å². The van der Waals surface area contributed by atoms with Gasteiger partial charge in [0.25, 0.3) is 5.91 Å². The Morgan fingerprint density at radius 3 is 2.12 bits per heavy atom. The van der Waals surface area contributed by atoms with Crippen LogP contribution < -0.4 is 10.1 Å². The minimum Gasteiger partial charge on any atom is -0.497 e. The van der Waals surface area contributed by atoms with Gasteiger partial charge in [-0.2, -0.15) is 13.2 Å². The quantitative estimate of drug-likeness (QED) is 0.206. The second-order valence-electron chi connectivity index (χ2n) is 10.2. The number of halogens is 4. The van der Waals surface area contributed by atoms with Crippen LogP contribution in [0.3, 0.4) is 0 Å². The van der Waals surface area contributed by atoms with Crippen LogP contribution in [0.25, 0.3) is 0 Å². The molecule has 0 radical (unpaired) electrons. The number of esters is 1. The molecule has 0 aliphatic carbocycles. The average molecular weight is 682 g/mol. The van der Waals surface area contributed by atoms with Gasteiger partial charge in [0.15, 0.2) is 0 Å². The average Bonchev–Trinajstić information content (AvgIpc) is 2.88. The minimum absolute atomic E-state index is 0.0319. The number of amides is 2. The van der Waals surface area contributed by atoms with Gasteiger partial charge in [0.1, 0.15) is 17.9 Å². The predicted molar refractivity (Wildman–Crippen MR) is 157 cm³/mol. The molecule has 0 heterocycles. The van der Waals surface area contributed by atoms with Crippen molar-refractivity contribution < 1.29 is 37.0 Å². The summed E-state index contributed by atoms with van der Waals surface area (Å²) in [5.41, 5.74) is -0.497. The van der Waals surface area contributed by atoms with Crippen molar-refractivity contribution >= 4 is 46.1 Å². The molecule has 3 rings (SSSR count). The molecular weight excluding hydrogens is 652 g/mol. The summed E-state index contributed by atoms with van der Waals surface area (Å²) in [4.78, 5) is 39.9. The monoisotopic (exact) mass is 682 g/mol. The van der Waals surface area contributed by atoms with E-state index >= 15 is 0 Å². The fraction of sp³-hybridized carbons (Fsp3) is 0.300. The number of hydrogen-bond donors (Lipinski definition) is 1. The molecule has 0 saturated heterocycles. The Morgan fingerprint density at radius 1 is 0.927 bits per heavy atom. The topological polar surface area (TPSA) is 84.9 Å². The van der Waals surface area contributed by atoms with E-state index in [2.05, 4.69) is 27.9 Å². The van der Waals surface area contributed by atoms with E-state index in [1.54, 1.807) is 20.8 Å². The maximum absolute atomic E-state index is 13.5. The van der Waals surface area contributed by atoms with Gasteiger partial charge in [-0.3, -0.25) is 14.4 Å². The summed E-state index contributed by atoms with van der Waals surface area (Å²) in [5.74, 6) is -1.62. The molecule has 3 aromatic carbocycles. The molecular formula is C30H30F3IN2O5. The van der Waals surface area contributed by atoms with Gasteiger partial charge in [0.2, 0.25) is 5.91 Å². The molecule has 0 bridgehead atoms. The smallest absolute Gasteiger partial charge is 0.416 e. The first-order chi connectivity index (χ1) is 19.1. The summed E-state index contributed by atoms with van der Waals surface area (Å²) in [6.45, 7) is 5.10. The molecule has 0 atom stereocenters. The molecule has 0 aliphatic heterocycles. The third-order valence-corrected chi connectivity index (χ3v) is 6.42. The van der Waals surface area contributed by atoms with E-state index in [4.69, 9.17) is 9.47 Å². The summed E-state index contributed by atoms with van der Waals surface area (Å²) in [6, 6.07) is 16.8. The number of nitrogens with zero attached hydrogens (tertiary/aromatic N) is 1. The van der Waals surface area contributed by atoms with Gasteiger partial charge < -0.3 is 19.7 Å². The molecule has 0 saturated carbocycles. The van der Waals surface area contributed by atoms with Crippen molar-refractivity contribution in [1.82, 2.24) is 4.90 Å². The first-order valence-electron chi connectivity index (χ1n) is 12.5. The van der Waals surface area contributed by atoms with Gasteiger partial charge in [0, 0.05) is 21.4 Å². The lowest BCUT2D eigenvalue weighted by Crippen LogP contribution is -2.38. The Kier molecular flexibility index (Phi) is 10.4. The summed E-state index contributed by atoms with van der Waals surface area (Å²) in [7, 11) is 1.26. The van der Waals surface area contributed by atoms with Crippen LogP contribution in [0.1, 0.15) is 47.8 Å². The van der Waals surface area contributed by atoms with Crippen molar-refractivity contribution in [2.75, 3.05) is 19.0 Å². The van der Waals surface area contributed by atoms with Crippen molar-refractivity contribution in [3.05, 3.63) is 92.6 Å². The first-order valence-corrected chi connectivity index (χ1v) is 13.6. The van der Waals surface area contributed by atoms with E-state index in [9.17, 15) is 27.6 Å². The molecule has 3 aromatic rings. The van der Waals surface area contributed by atoms with Crippen LogP contribution in [0.4, 0.5) is 18.9 Å². The largest absolute Gasteiger partial charge is 0.497 e. The first kappa shape index (κ1) is 31.9. The highest BCUT2D eigenvalue weighted by molar-refractivity contribution is 14.1. The fourth-order valence-corrected chi connectivity index (χ4v) is 4.26. The lowest BCUT2D eigenvalue weighted by atomic mass is 10.0. The number of benzene rings is 3. The number of alkyl halides is 3. The lowest BCUT2D eigenvalue weighted by molar-refractivity contribution is -0.155. The lowest BCUT2D eigenvalue weighted by Gasteiger charge is -2.25. The third kappa shape index (κ3) is 9.76. The number of hydrogen-bond acceptors (Lipinski definition) is 5. The van der Waals surface area contributed by atoms with E-state index in [0.717, 1.165) is 15.2 Å². The van der Waals surface area contributed by atoms with Crippen LogP contribution in [0.5, 0.6) is 5.75 Å². The number of ether oxygens (including phenoxy) is 2. The van der Waals surface area contributed by atoms with Gasteiger partial charge in [-0.05, 0) is 103 Å². The van der Waals surface area contributed by atoms with Crippen molar-refractivity contribution in [3.63, 3.8) is 0 Å². The zero-order valence-corrected chi connectivity index (χ0v) is 25.1. The van der Waals surface area contributed by atoms with Gasteiger partial charge >= 0.3 is 12.1 Å². The zero-order valence-electron chi connectivity index (χ0n) is 23.0. The second-order valence-corrected chi connectivity index (χ2v) is 11.4. The highest BCUT2D eigenvalue weighted by Gasteiger charge is 2.34. The number of carbonyl (C=O) groups excluding carboxylic acids is 3. The van der Waals surface area contributed by atoms with Crippen molar-refractivity contribution in [1.29, 1.82) is 0 Å². The summed E-state index contributed by atoms with van der Waals surface area (Å²) in [6.07, 6.45) is -5.17. The van der Waals surface area contributed by atoms with Crippen LogP contribution in [-0.4, -0.2) is 41.9 Å². The van der Waals surface area contributed by atoms with Crippen LogP contribution in [-0.2, 0) is 33.5 Å². The third-order valence-electron chi connectivity index (χ3n) is 5.70. The number of rotatable bonds is 9. The molecule has 0 unspecified atom stereocenters. The van der Waals surface area contributed by atoms with Crippen LogP contribution in [0, 0.1) is 3.57 Å². The van der Waals surface area contributed by atoms with Crippen LogP contribution >= 0.6 is 22.6 Å². The Bertz CT molecular complexity index is 1390. The highest BCUT2D eigenvalue weighted by Crippen LogP contribution is 2.34. The Balaban J connectivity index is 1.74. The second kappa shape index (κ2) is 13.4. The maximum atomic E-state index is 13.5. The SMILES string of the molecule is COc1ccc(CC(=O)Nc2ccc(C(=O)N(CC(=O)OC(C)(C)C)Cc3ccc(I)cc3)cc2)c(C(F)(F)F)c1. The molecule has 11 heteroatoms. The van der Waals surface area contributed by atoms with Crippen LogP contribution in [0.15, 0.2) is 66.7 Å². The highest BCUT2D eigenvalue weighted by atomic mass is 127. The molecule has 0 spiro atoms. The normalized spacial score (nSPS) is 11.5. The number of anilines is 1. The number of carbonyl (C=O) groups is 3. The van der Waals surface area contributed by atoms with E-state index in [1.807, 2.05) is 24.3 Å². The van der Waals surface area contributed by atoms with Gasteiger partial charge in [-0.1, -0.05) is 18.2 Å². The molecule has 7 nitrogen and oxygen atoms in total. The molecule has 41 heavy (non-hydrogen) atoms. The predicted octanol–water partition coefficient (Wildman–Crippen LogP) is 6.48. The Morgan fingerprint density at radius 2 is 1.56 bits per heavy atom. The fourth-order valence-electron chi connectivity index (χ4n) is 3.90. The summed E-state index contributed by atoms with van der Waals surface area (Å²) >= 11 is 2.17. The van der Waals surface area contributed by atoms with Gasteiger partial charge in [-0.15, -0.1) is 0 Å². The van der Waals surface area contributed by atoms with Gasteiger partial charge in [0.05, 0.1) is 19.1 Å². The van der Waals surface area contributed by atoms with E-state index < -0.39 is 41.5 Å². The molecule has 0 aromatic heterocycles. The molecule has 2 amide bonds. The van der Waals surface area contributed by atoms with E-state index in [1.165, 1.54) is 48.4 Å². The summed E-state index contributed by atoms with van der Waals surface area (Å²) in [5, 5.41) is 2.56. The van der Waals surface area contributed by atoms with Crippen molar-refractivity contribution in [2.24, 2.45) is 0 Å². The summed E-state index contributed by atoms with van der Waals surface area (Å²) < 4.78 is 51.8. The van der Waals surface area contributed by atoms with E-state index in [-0.39, 0.29) is 30.0 Å². The molecule has 0 fully saturated rings. The number of nitrogens with one attached hydrogen (secondary N) is 1. The minimum atomic E-state index is -4.66. The standard InChI is InChI=1S/C30H30F3IN2O5/c1-29(2,3)41-27(38)18-36(17-19-5-10-22(34)11-6-19)28(39)20-7-12-23(13-8-20)35-26(37)15-21-9-14-24(40-4)16-25(21)30(31,32)33/h5-14,16H,15,17-18H2,1-4H3,(H,35,37). The number of methoxy groups -OCH3 is 1. The Hall–Kier alpha value is -3.61. The molecule has 218 valence electrons. The van der Waals surface area contributed by atoms with Crippen molar-refractivity contribution in [2.45, 2.75) is 45.5 Å².